The minimum Gasteiger partial charge on any atom is -0.497 e. The molecule has 0 fully saturated rings. The van der Waals surface area contributed by atoms with Crippen LogP contribution < -0.4 is 14.8 Å². The molecule has 0 saturated heterocycles. The number of nitro benzene ring substituents is 1. The van der Waals surface area contributed by atoms with E-state index in [1.165, 1.54) is 23.9 Å². The van der Waals surface area contributed by atoms with Crippen LogP contribution in [0.4, 0.5) is 5.69 Å². The number of pyridine rings is 1. The third kappa shape index (κ3) is 4.70. The number of carbonyl (C=O) groups is 1. The number of hydrogen-bond acceptors (Lipinski definition) is 7. The van der Waals surface area contributed by atoms with Gasteiger partial charge in [-0.2, -0.15) is 5.10 Å². The van der Waals surface area contributed by atoms with Crippen molar-refractivity contribution in [2.45, 2.75) is 6.54 Å². The van der Waals surface area contributed by atoms with Gasteiger partial charge >= 0.3 is 0 Å². The third-order valence-electron chi connectivity index (χ3n) is 5.13. The highest BCUT2D eigenvalue weighted by molar-refractivity contribution is 5.94. The Morgan fingerprint density at radius 3 is 2.41 bits per heavy atom. The molecular weight excluding hydrogens is 438 g/mol. The molecule has 4 aromatic rings. The van der Waals surface area contributed by atoms with Crippen molar-refractivity contribution in [2.24, 2.45) is 0 Å². The van der Waals surface area contributed by atoms with Crippen LogP contribution in [0.15, 0.2) is 73.1 Å². The SMILES string of the molecule is COc1ccc(-c2cc(C(=O)NCc3ccncc3)n(-c3ccc([N+](=O)[O-])cc3)n2)c(OC)c1. The lowest BCUT2D eigenvalue weighted by Crippen LogP contribution is -2.25. The van der Waals surface area contributed by atoms with Gasteiger partial charge in [0.2, 0.25) is 0 Å². The Labute approximate surface area is 194 Å². The van der Waals surface area contributed by atoms with E-state index in [-0.39, 0.29) is 17.3 Å². The quantitative estimate of drug-likeness (QED) is 0.314. The molecule has 1 N–H and O–H groups in total. The van der Waals surface area contributed by atoms with Crippen LogP contribution in [0.1, 0.15) is 16.1 Å². The largest absolute Gasteiger partial charge is 0.497 e. The maximum atomic E-state index is 13.1. The van der Waals surface area contributed by atoms with E-state index in [4.69, 9.17) is 9.47 Å². The Hall–Kier alpha value is -4.73. The summed E-state index contributed by atoms with van der Waals surface area (Å²) in [7, 11) is 3.09. The standard InChI is InChI=1S/C24H21N5O5/c1-33-19-7-8-20(23(13-19)34-2)21-14-22(24(30)26-15-16-9-11-25-12-10-16)28(27-21)17-3-5-18(6-4-17)29(31)32/h3-14H,15H2,1-2H3,(H,26,30). The average Bonchev–Trinajstić information content (AvgIpc) is 3.33. The zero-order valence-corrected chi connectivity index (χ0v) is 18.5. The number of ether oxygens (including phenoxy) is 2. The van der Waals surface area contributed by atoms with Gasteiger partial charge in [0.1, 0.15) is 17.2 Å². The fraction of sp³-hybridized carbons (Fsp3) is 0.125. The number of nitro groups is 1. The average molecular weight is 459 g/mol. The first-order valence-electron chi connectivity index (χ1n) is 10.2. The maximum absolute atomic E-state index is 13.1. The molecular formula is C24H21N5O5. The maximum Gasteiger partial charge on any atom is 0.270 e. The van der Waals surface area contributed by atoms with Gasteiger partial charge in [-0.25, -0.2) is 4.68 Å². The van der Waals surface area contributed by atoms with Crippen LogP contribution in [-0.4, -0.2) is 39.8 Å². The highest BCUT2D eigenvalue weighted by atomic mass is 16.6. The van der Waals surface area contributed by atoms with E-state index < -0.39 is 4.92 Å². The number of nitrogens with one attached hydrogen (secondary N) is 1. The lowest BCUT2D eigenvalue weighted by Gasteiger charge is -2.09. The molecule has 4 rings (SSSR count). The lowest BCUT2D eigenvalue weighted by molar-refractivity contribution is -0.384. The first kappa shape index (κ1) is 22.5. The Morgan fingerprint density at radius 1 is 1.03 bits per heavy atom. The molecule has 172 valence electrons. The number of benzene rings is 2. The molecule has 0 radical (unpaired) electrons. The van der Waals surface area contributed by atoms with Gasteiger partial charge in [0, 0.05) is 42.7 Å². The normalized spacial score (nSPS) is 10.5. The number of carbonyl (C=O) groups excluding carboxylic acids is 1. The summed E-state index contributed by atoms with van der Waals surface area (Å²) in [6.07, 6.45) is 3.30. The number of aromatic nitrogens is 3. The van der Waals surface area contributed by atoms with Gasteiger partial charge in [0.15, 0.2) is 0 Å². The van der Waals surface area contributed by atoms with Crippen molar-refractivity contribution >= 4 is 11.6 Å². The highest BCUT2D eigenvalue weighted by Crippen LogP contribution is 2.33. The van der Waals surface area contributed by atoms with Crippen molar-refractivity contribution in [1.82, 2.24) is 20.1 Å². The van der Waals surface area contributed by atoms with E-state index in [9.17, 15) is 14.9 Å². The minimum absolute atomic E-state index is 0.0587. The summed E-state index contributed by atoms with van der Waals surface area (Å²) < 4.78 is 12.2. The van der Waals surface area contributed by atoms with Crippen LogP contribution in [-0.2, 0) is 6.54 Å². The summed E-state index contributed by atoms with van der Waals surface area (Å²) in [5, 5.41) is 18.5. The Morgan fingerprint density at radius 2 is 1.76 bits per heavy atom. The topological polar surface area (TPSA) is 121 Å². The first-order chi connectivity index (χ1) is 16.5. The van der Waals surface area contributed by atoms with E-state index in [0.29, 0.717) is 35.0 Å². The number of methoxy groups -OCH3 is 2. The first-order valence-corrected chi connectivity index (χ1v) is 10.2. The molecule has 2 aromatic carbocycles. The smallest absolute Gasteiger partial charge is 0.270 e. The van der Waals surface area contributed by atoms with Crippen LogP contribution in [0, 0.1) is 10.1 Å². The molecule has 0 aliphatic heterocycles. The van der Waals surface area contributed by atoms with Crippen LogP contribution >= 0.6 is 0 Å². The summed E-state index contributed by atoms with van der Waals surface area (Å²) in [6.45, 7) is 0.300. The van der Waals surface area contributed by atoms with Crippen molar-refractivity contribution in [3.63, 3.8) is 0 Å². The molecule has 1 amide bonds. The molecule has 0 spiro atoms. The fourth-order valence-corrected chi connectivity index (χ4v) is 3.37. The summed E-state index contributed by atoms with van der Waals surface area (Å²) in [5.74, 6) is 0.781. The van der Waals surface area contributed by atoms with Crippen molar-refractivity contribution in [3.8, 4) is 28.4 Å². The zero-order valence-electron chi connectivity index (χ0n) is 18.5. The van der Waals surface area contributed by atoms with Gasteiger partial charge in [-0.3, -0.25) is 19.9 Å². The minimum atomic E-state index is -0.483. The Kier molecular flexibility index (Phi) is 6.49. The van der Waals surface area contributed by atoms with Crippen LogP contribution in [0.3, 0.4) is 0 Å². The van der Waals surface area contributed by atoms with E-state index in [1.54, 1.807) is 55.9 Å². The van der Waals surface area contributed by atoms with E-state index in [2.05, 4.69) is 15.4 Å². The molecule has 0 aliphatic rings. The Bertz CT molecular complexity index is 1320. The Balaban J connectivity index is 1.75. The molecule has 34 heavy (non-hydrogen) atoms. The monoisotopic (exact) mass is 459 g/mol. The van der Waals surface area contributed by atoms with Gasteiger partial charge < -0.3 is 14.8 Å². The second-order valence-corrected chi connectivity index (χ2v) is 7.20. The number of rotatable bonds is 8. The van der Waals surface area contributed by atoms with Crippen molar-refractivity contribution in [1.29, 1.82) is 0 Å². The predicted molar refractivity (Wildman–Crippen MR) is 124 cm³/mol. The van der Waals surface area contributed by atoms with Crippen LogP contribution in [0.2, 0.25) is 0 Å². The number of amides is 1. The molecule has 10 nitrogen and oxygen atoms in total. The van der Waals surface area contributed by atoms with Crippen LogP contribution in [0.25, 0.3) is 16.9 Å². The zero-order chi connectivity index (χ0) is 24.1. The van der Waals surface area contributed by atoms with Gasteiger partial charge in [-0.15, -0.1) is 0 Å². The molecule has 0 aliphatic carbocycles. The third-order valence-corrected chi connectivity index (χ3v) is 5.13. The van der Waals surface area contributed by atoms with Gasteiger partial charge in [-0.05, 0) is 48.0 Å². The van der Waals surface area contributed by atoms with Crippen molar-refractivity contribution in [2.75, 3.05) is 14.2 Å². The van der Waals surface area contributed by atoms with Crippen molar-refractivity contribution < 1.29 is 19.2 Å². The van der Waals surface area contributed by atoms with E-state index in [1.807, 2.05) is 12.1 Å². The number of nitrogens with zero attached hydrogens (tertiary/aromatic N) is 4. The second kappa shape index (κ2) is 9.82. The van der Waals surface area contributed by atoms with Gasteiger partial charge in [0.05, 0.1) is 30.5 Å². The molecule has 2 aromatic heterocycles. The fourth-order valence-electron chi connectivity index (χ4n) is 3.37. The van der Waals surface area contributed by atoms with E-state index in [0.717, 1.165) is 5.56 Å². The van der Waals surface area contributed by atoms with E-state index >= 15 is 0 Å². The summed E-state index contributed by atoms with van der Waals surface area (Å²) in [6, 6.07) is 16.4. The highest BCUT2D eigenvalue weighted by Gasteiger charge is 2.20. The molecule has 10 heteroatoms. The molecule has 0 bridgehead atoms. The van der Waals surface area contributed by atoms with Crippen LogP contribution in [0.5, 0.6) is 11.5 Å². The van der Waals surface area contributed by atoms with Gasteiger partial charge in [-0.1, -0.05) is 0 Å². The lowest BCUT2D eigenvalue weighted by atomic mass is 10.1. The molecule has 0 unspecified atom stereocenters. The van der Waals surface area contributed by atoms with Crippen molar-refractivity contribution in [3.05, 3.63) is 94.4 Å². The summed E-state index contributed by atoms with van der Waals surface area (Å²) in [5.41, 5.74) is 2.74. The molecule has 0 atom stereocenters. The number of non-ortho nitro benzene ring substituents is 1. The summed E-state index contributed by atoms with van der Waals surface area (Å²) in [4.78, 5) is 27.7. The second-order valence-electron chi connectivity index (χ2n) is 7.20. The molecule has 2 heterocycles. The predicted octanol–water partition coefficient (Wildman–Crippen LogP) is 3.79. The number of hydrogen-bond donors (Lipinski definition) is 1. The summed E-state index contributed by atoms with van der Waals surface area (Å²) >= 11 is 0. The molecule has 0 saturated carbocycles. The van der Waals surface area contributed by atoms with Gasteiger partial charge in [0.25, 0.3) is 11.6 Å².